The molecule has 4 heteroatoms. The van der Waals surface area contributed by atoms with E-state index >= 15 is 0 Å². The molecule has 1 aliphatic heterocycles. The first-order valence-electron chi connectivity index (χ1n) is 7.32. The van der Waals surface area contributed by atoms with Crippen molar-refractivity contribution in [3.05, 3.63) is 29.8 Å². The number of nitrogens with zero attached hydrogens (tertiary/aromatic N) is 1. The maximum Gasteiger partial charge on any atom is 0.253 e. The van der Waals surface area contributed by atoms with Crippen LogP contribution in [-0.4, -0.2) is 44.6 Å². The van der Waals surface area contributed by atoms with Gasteiger partial charge in [-0.1, -0.05) is 0 Å². The number of ether oxygens (including phenoxy) is 1. The van der Waals surface area contributed by atoms with Crippen LogP contribution in [0.25, 0.3) is 0 Å². The molecule has 0 bridgehead atoms. The first-order valence-corrected chi connectivity index (χ1v) is 7.32. The van der Waals surface area contributed by atoms with E-state index in [0.717, 1.165) is 49.7 Å². The molecule has 1 fully saturated rings. The molecule has 1 heterocycles. The van der Waals surface area contributed by atoms with Crippen LogP contribution in [0.2, 0.25) is 0 Å². The number of nitrogens with one attached hydrogen (secondary N) is 1. The Balaban J connectivity index is 1.87. The van der Waals surface area contributed by atoms with Crippen molar-refractivity contribution in [2.24, 2.45) is 5.92 Å². The number of hydrogen-bond acceptors (Lipinski definition) is 3. The van der Waals surface area contributed by atoms with Crippen molar-refractivity contribution < 1.29 is 9.53 Å². The third kappa shape index (κ3) is 3.73. The van der Waals surface area contributed by atoms with E-state index in [1.54, 1.807) is 7.11 Å². The Bertz CT molecular complexity index is 423. The SMILES string of the molecule is CNCCC1CCN(C(=O)c2ccc(OC)cc2)CC1. The molecule has 0 atom stereocenters. The summed E-state index contributed by atoms with van der Waals surface area (Å²) in [6.45, 7) is 2.82. The van der Waals surface area contributed by atoms with Gasteiger partial charge in [-0.15, -0.1) is 0 Å². The topological polar surface area (TPSA) is 41.6 Å². The summed E-state index contributed by atoms with van der Waals surface area (Å²) in [6, 6.07) is 7.36. The third-order valence-corrected chi connectivity index (χ3v) is 4.04. The number of benzene rings is 1. The molecular weight excluding hydrogens is 252 g/mol. The minimum Gasteiger partial charge on any atom is -0.497 e. The number of methoxy groups -OCH3 is 1. The smallest absolute Gasteiger partial charge is 0.253 e. The van der Waals surface area contributed by atoms with Gasteiger partial charge in [0.1, 0.15) is 5.75 Å². The molecule has 2 rings (SSSR count). The van der Waals surface area contributed by atoms with Gasteiger partial charge in [-0.05, 0) is 63.0 Å². The lowest BCUT2D eigenvalue weighted by atomic mass is 9.93. The van der Waals surface area contributed by atoms with Gasteiger partial charge < -0.3 is 15.0 Å². The number of amides is 1. The average Bonchev–Trinajstić information content (AvgIpc) is 2.53. The fourth-order valence-corrected chi connectivity index (χ4v) is 2.69. The van der Waals surface area contributed by atoms with Crippen molar-refractivity contribution in [2.75, 3.05) is 33.8 Å². The zero-order valence-corrected chi connectivity index (χ0v) is 12.4. The molecule has 1 aliphatic rings. The Morgan fingerprint density at radius 3 is 2.50 bits per heavy atom. The largest absolute Gasteiger partial charge is 0.497 e. The van der Waals surface area contributed by atoms with Crippen LogP contribution in [-0.2, 0) is 0 Å². The van der Waals surface area contributed by atoms with Crippen molar-refractivity contribution in [1.29, 1.82) is 0 Å². The molecule has 0 saturated carbocycles. The summed E-state index contributed by atoms with van der Waals surface area (Å²) in [5.41, 5.74) is 0.750. The van der Waals surface area contributed by atoms with Gasteiger partial charge in [-0.2, -0.15) is 0 Å². The number of likely N-dealkylation sites (tertiary alicyclic amines) is 1. The summed E-state index contributed by atoms with van der Waals surface area (Å²) in [6.07, 6.45) is 3.44. The second-order valence-electron chi connectivity index (χ2n) is 5.36. The van der Waals surface area contributed by atoms with Gasteiger partial charge >= 0.3 is 0 Å². The van der Waals surface area contributed by atoms with E-state index in [4.69, 9.17) is 4.74 Å². The maximum atomic E-state index is 12.4. The first-order chi connectivity index (χ1) is 9.74. The second kappa shape index (κ2) is 7.29. The molecule has 20 heavy (non-hydrogen) atoms. The number of carbonyl (C=O) groups excluding carboxylic acids is 1. The van der Waals surface area contributed by atoms with E-state index in [0.29, 0.717) is 0 Å². The predicted molar refractivity (Wildman–Crippen MR) is 80.2 cm³/mol. The van der Waals surface area contributed by atoms with Crippen LogP contribution in [0.4, 0.5) is 0 Å². The summed E-state index contributed by atoms with van der Waals surface area (Å²) >= 11 is 0. The fourth-order valence-electron chi connectivity index (χ4n) is 2.69. The minimum absolute atomic E-state index is 0.139. The highest BCUT2D eigenvalue weighted by Crippen LogP contribution is 2.22. The molecule has 0 radical (unpaired) electrons. The molecule has 1 amide bonds. The lowest BCUT2D eigenvalue weighted by Gasteiger charge is -2.32. The number of hydrogen-bond donors (Lipinski definition) is 1. The van der Waals surface area contributed by atoms with Crippen molar-refractivity contribution in [2.45, 2.75) is 19.3 Å². The van der Waals surface area contributed by atoms with Crippen LogP contribution in [0.5, 0.6) is 5.75 Å². The van der Waals surface area contributed by atoms with Crippen molar-refractivity contribution in [3.8, 4) is 5.75 Å². The third-order valence-electron chi connectivity index (χ3n) is 4.04. The predicted octanol–water partition coefficient (Wildman–Crippen LogP) is 2.16. The number of carbonyl (C=O) groups is 1. The van der Waals surface area contributed by atoms with Crippen LogP contribution >= 0.6 is 0 Å². The van der Waals surface area contributed by atoms with Crippen molar-refractivity contribution >= 4 is 5.91 Å². The monoisotopic (exact) mass is 276 g/mol. The normalized spacial score (nSPS) is 16.2. The minimum atomic E-state index is 0.139. The van der Waals surface area contributed by atoms with E-state index in [1.807, 2.05) is 36.2 Å². The Kier molecular flexibility index (Phi) is 5.41. The van der Waals surface area contributed by atoms with E-state index in [1.165, 1.54) is 6.42 Å². The quantitative estimate of drug-likeness (QED) is 0.896. The van der Waals surface area contributed by atoms with Crippen molar-refractivity contribution in [3.63, 3.8) is 0 Å². The second-order valence-corrected chi connectivity index (χ2v) is 5.36. The first kappa shape index (κ1) is 14.9. The van der Waals surface area contributed by atoms with Gasteiger partial charge in [-0.3, -0.25) is 4.79 Å². The summed E-state index contributed by atoms with van der Waals surface area (Å²) < 4.78 is 5.12. The Labute approximate surface area is 121 Å². The number of piperidine rings is 1. The van der Waals surface area contributed by atoms with Gasteiger partial charge in [0.2, 0.25) is 0 Å². The molecule has 1 aromatic rings. The van der Waals surface area contributed by atoms with E-state index in [-0.39, 0.29) is 5.91 Å². The molecule has 110 valence electrons. The fraction of sp³-hybridized carbons (Fsp3) is 0.562. The molecule has 0 unspecified atom stereocenters. The zero-order valence-electron chi connectivity index (χ0n) is 12.4. The van der Waals surface area contributed by atoms with E-state index < -0.39 is 0 Å². The maximum absolute atomic E-state index is 12.4. The summed E-state index contributed by atoms with van der Waals surface area (Å²) in [5, 5.41) is 3.19. The van der Waals surface area contributed by atoms with E-state index in [2.05, 4.69) is 5.32 Å². The lowest BCUT2D eigenvalue weighted by molar-refractivity contribution is 0.0687. The Hall–Kier alpha value is -1.55. The van der Waals surface area contributed by atoms with Crippen LogP contribution in [0.15, 0.2) is 24.3 Å². The van der Waals surface area contributed by atoms with Gasteiger partial charge in [0.05, 0.1) is 7.11 Å². The zero-order chi connectivity index (χ0) is 14.4. The molecule has 4 nitrogen and oxygen atoms in total. The summed E-state index contributed by atoms with van der Waals surface area (Å²) in [4.78, 5) is 14.4. The lowest BCUT2D eigenvalue weighted by Crippen LogP contribution is -2.38. The highest BCUT2D eigenvalue weighted by molar-refractivity contribution is 5.94. The van der Waals surface area contributed by atoms with Gasteiger partial charge in [0, 0.05) is 18.7 Å². The molecule has 0 aliphatic carbocycles. The Morgan fingerprint density at radius 2 is 1.95 bits per heavy atom. The summed E-state index contributed by atoms with van der Waals surface area (Å²) in [5.74, 6) is 1.68. The number of rotatable bonds is 5. The van der Waals surface area contributed by atoms with Crippen LogP contribution < -0.4 is 10.1 Å². The Morgan fingerprint density at radius 1 is 1.30 bits per heavy atom. The standard InChI is InChI=1S/C16H24N2O2/c1-17-10-7-13-8-11-18(12-9-13)16(19)14-3-5-15(20-2)6-4-14/h3-6,13,17H,7-12H2,1-2H3. The van der Waals surface area contributed by atoms with Crippen LogP contribution in [0, 0.1) is 5.92 Å². The van der Waals surface area contributed by atoms with Gasteiger partial charge in [0.15, 0.2) is 0 Å². The average molecular weight is 276 g/mol. The van der Waals surface area contributed by atoms with E-state index in [9.17, 15) is 4.79 Å². The highest BCUT2D eigenvalue weighted by atomic mass is 16.5. The van der Waals surface area contributed by atoms with Crippen LogP contribution in [0.3, 0.4) is 0 Å². The highest BCUT2D eigenvalue weighted by Gasteiger charge is 2.23. The molecule has 1 aromatic carbocycles. The molecule has 1 N–H and O–H groups in total. The van der Waals surface area contributed by atoms with Crippen molar-refractivity contribution in [1.82, 2.24) is 10.2 Å². The van der Waals surface area contributed by atoms with Gasteiger partial charge in [-0.25, -0.2) is 0 Å². The molecule has 1 saturated heterocycles. The molecular formula is C16H24N2O2. The van der Waals surface area contributed by atoms with Gasteiger partial charge in [0.25, 0.3) is 5.91 Å². The molecule has 0 aromatic heterocycles. The van der Waals surface area contributed by atoms with Crippen LogP contribution in [0.1, 0.15) is 29.6 Å². The molecule has 0 spiro atoms. The summed E-state index contributed by atoms with van der Waals surface area (Å²) in [7, 11) is 3.62.